The Labute approximate surface area is 125 Å². The quantitative estimate of drug-likeness (QED) is 0.889. The van der Waals surface area contributed by atoms with Crippen molar-refractivity contribution in [2.75, 3.05) is 0 Å². The number of fused-ring (bicyclic) bond motifs is 2. The van der Waals surface area contributed by atoms with Gasteiger partial charge in [-0.25, -0.2) is 0 Å². The van der Waals surface area contributed by atoms with Gasteiger partial charge in [-0.1, -0.05) is 12.1 Å². The topological polar surface area (TPSA) is 29.5 Å². The molecule has 1 aromatic carbocycles. The summed E-state index contributed by atoms with van der Waals surface area (Å²) in [6.07, 6.45) is 4.33. The SMILES string of the molecule is CC(C)(C)Oc1ccc(C2(O)CC3CCC(C2)S3)cc1. The molecule has 0 aliphatic carbocycles. The maximum Gasteiger partial charge on any atom is 0.120 e. The summed E-state index contributed by atoms with van der Waals surface area (Å²) in [5, 5.41) is 12.3. The van der Waals surface area contributed by atoms with Crippen molar-refractivity contribution in [2.45, 2.75) is 68.2 Å². The Morgan fingerprint density at radius 3 is 2.15 bits per heavy atom. The minimum Gasteiger partial charge on any atom is -0.488 e. The number of thioether (sulfide) groups is 1. The molecular weight excluding hydrogens is 268 g/mol. The molecule has 2 nitrogen and oxygen atoms in total. The summed E-state index contributed by atoms with van der Waals surface area (Å²) in [4.78, 5) is 0. The normalized spacial score (nSPS) is 33.2. The van der Waals surface area contributed by atoms with Gasteiger partial charge in [-0.15, -0.1) is 0 Å². The molecule has 0 radical (unpaired) electrons. The summed E-state index contributed by atoms with van der Waals surface area (Å²) in [5.74, 6) is 0.873. The molecule has 110 valence electrons. The van der Waals surface area contributed by atoms with Gasteiger partial charge in [-0.2, -0.15) is 11.8 Å². The van der Waals surface area contributed by atoms with E-state index in [1.165, 1.54) is 12.8 Å². The molecule has 2 aliphatic rings. The predicted molar refractivity (Wildman–Crippen MR) is 84.4 cm³/mol. The largest absolute Gasteiger partial charge is 0.488 e. The third-order valence-electron chi connectivity index (χ3n) is 4.14. The van der Waals surface area contributed by atoms with Gasteiger partial charge >= 0.3 is 0 Å². The molecule has 3 rings (SSSR count). The lowest BCUT2D eigenvalue weighted by atomic mass is 9.86. The van der Waals surface area contributed by atoms with Crippen molar-refractivity contribution in [1.82, 2.24) is 0 Å². The van der Waals surface area contributed by atoms with Crippen LogP contribution in [-0.4, -0.2) is 21.2 Å². The van der Waals surface area contributed by atoms with E-state index >= 15 is 0 Å². The number of benzene rings is 1. The smallest absolute Gasteiger partial charge is 0.120 e. The van der Waals surface area contributed by atoms with Gasteiger partial charge in [0.05, 0.1) is 5.60 Å². The van der Waals surface area contributed by atoms with Gasteiger partial charge in [-0.3, -0.25) is 0 Å². The summed E-state index contributed by atoms with van der Waals surface area (Å²) in [7, 11) is 0. The van der Waals surface area contributed by atoms with E-state index in [9.17, 15) is 5.11 Å². The van der Waals surface area contributed by atoms with E-state index in [1.54, 1.807) is 0 Å². The van der Waals surface area contributed by atoms with Crippen molar-refractivity contribution in [1.29, 1.82) is 0 Å². The molecule has 2 aliphatic heterocycles. The van der Waals surface area contributed by atoms with Gasteiger partial charge in [-0.05, 0) is 64.2 Å². The van der Waals surface area contributed by atoms with Crippen LogP contribution in [0.5, 0.6) is 5.75 Å². The highest BCUT2D eigenvalue weighted by Gasteiger charge is 2.44. The fourth-order valence-corrected chi connectivity index (χ4v) is 5.17. The Balaban J connectivity index is 1.77. The monoisotopic (exact) mass is 292 g/mol. The highest BCUT2D eigenvalue weighted by atomic mass is 32.2. The third kappa shape index (κ3) is 2.99. The Hall–Kier alpha value is -0.670. The molecular formula is C17H24O2S. The predicted octanol–water partition coefficient (Wildman–Crippen LogP) is 4.11. The minimum absolute atomic E-state index is 0.182. The first kappa shape index (κ1) is 14.3. The number of ether oxygens (including phenoxy) is 1. The van der Waals surface area contributed by atoms with E-state index in [-0.39, 0.29) is 5.60 Å². The van der Waals surface area contributed by atoms with Gasteiger partial charge in [0, 0.05) is 10.5 Å². The van der Waals surface area contributed by atoms with Crippen molar-refractivity contribution in [3.63, 3.8) is 0 Å². The molecule has 2 bridgehead atoms. The maximum absolute atomic E-state index is 11.0. The molecule has 2 saturated heterocycles. The fraction of sp³-hybridized carbons (Fsp3) is 0.647. The zero-order valence-corrected chi connectivity index (χ0v) is 13.4. The number of hydrogen-bond donors (Lipinski definition) is 1. The highest BCUT2D eigenvalue weighted by Crippen LogP contribution is 2.51. The molecule has 20 heavy (non-hydrogen) atoms. The summed E-state index contributed by atoms with van der Waals surface area (Å²) in [5.41, 5.74) is 0.243. The standard InChI is InChI=1S/C17H24O2S/c1-16(2,3)19-13-6-4-12(5-7-13)17(18)10-14-8-9-15(11-17)20-14/h4-7,14-15,18H,8-11H2,1-3H3. The van der Waals surface area contributed by atoms with E-state index in [1.807, 2.05) is 45.0 Å². The summed E-state index contributed by atoms with van der Waals surface area (Å²) in [6.45, 7) is 6.14. The molecule has 2 fully saturated rings. The number of rotatable bonds is 2. The molecule has 2 atom stereocenters. The van der Waals surface area contributed by atoms with Crippen molar-refractivity contribution >= 4 is 11.8 Å². The van der Waals surface area contributed by atoms with Crippen LogP contribution in [0.25, 0.3) is 0 Å². The van der Waals surface area contributed by atoms with E-state index in [2.05, 4.69) is 11.8 Å². The van der Waals surface area contributed by atoms with Crippen LogP contribution in [0.15, 0.2) is 24.3 Å². The van der Waals surface area contributed by atoms with Crippen LogP contribution in [-0.2, 0) is 5.60 Å². The fourth-order valence-electron chi connectivity index (χ4n) is 3.34. The first-order valence-electron chi connectivity index (χ1n) is 7.51. The highest BCUT2D eigenvalue weighted by molar-refractivity contribution is 8.00. The third-order valence-corrected chi connectivity index (χ3v) is 5.72. The summed E-state index contributed by atoms with van der Waals surface area (Å²) >= 11 is 2.08. The molecule has 1 aromatic rings. The van der Waals surface area contributed by atoms with E-state index in [0.29, 0.717) is 10.5 Å². The Bertz CT molecular complexity index is 463. The zero-order valence-electron chi connectivity index (χ0n) is 12.6. The molecule has 0 saturated carbocycles. The van der Waals surface area contributed by atoms with Crippen LogP contribution in [0.4, 0.5) is 0 Å². The van der Waals surface area contributed by atoms with Crippen LogP contribution in [0.1, 0.15) is 52.0 Å². The van der Waals surface area contributed by atoms with Crippen LogP contribution in [0.2, 0.25) is 0 Å². The first-order chi connectivity index (χ1) is 9.34. The van der Waals surface area contributed by atoms with E-state index < -0.39 is 5.60 Å². The van der Waals surface area contributed by atoms with Gasteiger partial charge in [0.15, 0.2) is 0 Å². The Morgan fingerprint density at radius 1 is 1.10 bits per heavy atom. The molecule has 2 unspecified atom stereocenters. The lowest BCUT2D eigenvalue weighted by Crippen LogP contribution is -2.34. The summed E-state index contributed by atoms with van der Waals surface area (Å²) in [6, 6.07) is 8.05. The van der Waals surface area contributed by atoms with Crippen molar-refractivity contribution in [3.05, 3.63) is 29.8 Å². The van der Waals surface area contributed by atoms with E-state index in [0.717, 1.165) is 24.2 Å². The second-order valence-corrected chi connectivity index (χ2v) is 8.74. The Kier molecular flexibility index (Phi) is 3.54. The Morgan fingerprint density at radius 2 is 1.65 bits per heavy atom. The van der Waals surface area contributed by atoms with Gasteiger partial charge in [0.2, 0.25) is 0 Å². The first-order valence-corrected chi connectivity index (χ1v) is 8.46. The summed E-state index contributed by atoms with van der Waals surface area (Å²) < 4.78 is 5.85. The maximum atomic E-state index is 11.0. The van der Waals surface area contributed by atoms with Crippen molar-refractivity contribution < 1.29 is 9.84 Å². The molecule has 0 aromatic heterocycles. The van der Waals surface area contributed by atoms with Crippen molar-refractivity contribution in [3.8, 4) is 5.75 Å². The van der Waals surface area contributed by atoms with Crippen molar-refractivity contribution in [2.24, 2.45) is 0 Å². The van der Waals surface area contributed by atoms with Crippen LogP contribution in [0.3, 0.4) is 0 Å². The second-order valence-electron chi connectivity index (χ2n) is 7.14. The molecule has 2 heterocycles. The number of hydrogen-bond acceptors (Lipinski definition) is 3. The molecule has 0 amide bonds. The van der Waals surface area contributed by atoms with Gasteiger partial charge in [0.25, 0.3) is 0 Å². The molecule has 3 heteroatoms. The zero-order chi connectivity index (χ0) is 14.4. The number of aliphatic hydroxyl groups is 1. The second kappa shape index (κ2) is 4.96. The molecule has 0 spiro atoms. The lowest BCUT2D eigenvalue weighted by molar-refractivity contribution is 0.0195. The lowest BCUT2D eigenvalue weighted by Gasteiger charge is -2.36. The average molecular weight is 292 g/mol. The average Bonchev–Trinajstić information content (AvgIpc) is 2.68. The minimum atomic E-state index is -0.628. The van der Waals surface area contributed by atoms with Crippen LogP contribution < -0.4 is 4.74 Å². The van der Waals surface area contributed by atoms with Crippen LogP contribution in [0, 0.1) is 0 Å². The van der Waals surface area contributed by atoms with Crippen LogP contribution >= 0.6 is 11.8 Å². The van der Waals surface area contributed by atoms with Gasteiger partial charge in [0.1, 0.15) is 11.4 Å². The van der Waals surface area contributed by atoms with Gasteiger partial charge < -0.3 is 9.84 Å². The molecule has 1 N–H and O–H groups in total. The van der Waals surface area contributed by atoms with E-state index in [4.69, 9.17) is 4.74 Å².